The number of nitrogens with zero attached hydrogens (tertiary/aromatic N) is 2. The van der Waals surface area contributed by atoms with E-state index in [4.69, 9.17) is 0 Å². The minimum absolute atomic E-state index is 0. The Hall–Kier alpha value is -0.840. The van der Waals surface area contributed by atoms with Gasteiger partial charge in [-0.2, -0.15) is 0 Å². The number of rotatable bonds is 2. The second-order valence-electron chi connectivity index (χ2n) is 4.22. The molecule has 3 rings (SSSR count). The fourth-order valence-corrected chi connectivity index (χ4v) is 3.14. The number of likely N-dealkylation sites (N-methyl/N-ethyl adjacent to an activating group) is 1. The first-order valence-electron chi connectivity index (χ1n) is 5.64. The van der Waals surface area contributed by atoms with E-state index in [1.54, 1.807) is 11.3 Å². The highest BCUT2D eigenvalue weighted by molar-refractivity contribution is 7.22. The Balaban J connectivity index is 0.00000108. The molecular weight excluding hydrogens is 254 g/mol. The quantitative estimate of drug-likeness (QED) is 0.908. The Morgan fingerprint density at radius 2 is 2.24 bits per heavy atom. The van der Waals surface area contributed by atoms with Gasteiger partial charge < -0.3 is 10.2 Å². The smallest absolute Gasteiger partial charge is 0.186 e. The van der Waals surface area contributed by atoms with E-state index < -0.39 is 0 Å². The van der Waals surface area contributed by atoms with Crippen LogP contribution in [-0.4, -0.2) is 31.2 Å². The molecule has 2 aromatic rings. The highest BCUT2D eigenvalue weighted by Crippen LogP contribution is 2.29. The van der Waals surface area contributed by atoms with Crippen molar-refractivity contribution in [3.63, 3.8) is 0 Å². The van der Waals surface area contributed by atoms with Crippen LogP contribution in [0.4, 0.5) is 5.13 Å². The van der Waals surface area contributed by atoms with E-state index >= 15 is 0 Å². The number of hydrogen-bond acceptors (Lipinski definition) is 4. The summed E-state index contributed by atoms with van der Waals surface area (Å²) in [6.45, 7) is 2.20. The van der Waals surface area contributed by atoms with Crippen molar-refractivity contribution in [1.29, 1.82) is 0 Å². The van der Waals surface area contributed by atoms with E-state index in [1.807, 2.05) is 6.07 Å². The van der Waals surface area contributed by atoms with Gasteiger partial charge in [0.05, 0.1) is 10.2 Å². The molecule has 1 aliphatic heterocycles. The molecule has 0 unspecified atom stereocenters. The predicted molar refractivity (Wildman–Crippen MR) is 76.5 cm³/mol. The summed E-state index contributed by atoms with van der Waals surface area (Å²) in [5, 5.41) is 4.53. The van der Waals surface area contributed by atoms with Crippen LogP contribution >= 0.6 is 23.7 Å². The third kappa shape index (κ3) is 2.39. The lowest BCUT2D eigenvalue weighted by atomic mass is 10.2. The molecule has 0 radical (unpaired) electrons. The zero-order valence-electron chi connectivity index (χ0n) is 9.72. The molecule has 17 heavy (non-hydrogen) atoms. The normalized spacial score (nSPS) is 19.2. The summed E-state index contributed by atoms with van der Waals surface area (Å²) in [6, 6.07) is 8.93. The van der Waals surface area contributed by atoms with Gasteiger partial charge in [-0.1, -0.05) is 23.5 Å². The number of fused-ring (bicyclic) bond motifs is 1. The average Bonchev–Trinajstić information content (AvgIpc) is 2.97. The van der Waals surface area contributed by atoms with Crippen molar-refractivity contribution in [3.05, 3.63) is 24.3 Å². The first kappa shape index (κ1) is 12.6. The number of hydrogen-bond donors (Lipinski definition) is 1. The lowest BCUT2D eigenvalue weighted by Gasteiger charge is -2.22. The first-order chi connectivity index (χ1) is 7.84. The van der Waals surface area contributed by atoms with E-state index in [1.165, 1.54) is 11.1 Å². The Morgan fingerprint density at radius 1 is 1.41 bits per heavy atom. The van der Waals surface area contributed by atoms with Crippen molar-refractivity contribution < 1.29 is 0 Å². The lowest BCUT2D eigenvalue weighted by molar-refractivity contribution is 0.684. The fraction of sp³-hybridized carbons (Fsp3) is 0.417. The molecule has 0 amide bonds. The standard InChI is InChI=1S/C12H15N3S.ClH/c1-15(9-6-7-13-8-9)12-14-10-4-2-3-5-11(10)16-12;/h2-5,9,13H,6-8H2,1H3;1H/t9-;/m1./s1. The zero-order chi connectivity index (χ0) is 11.0. The average molecular weight is 270 g/mol. The largest absolute Gasteiger partial charge is 0.347 e. The lowest BCUT2D eigenvalue weighted by Crippen LogP contribution is -2.33. The molecule has 0 aliphatic carbocycles. The minimum atomic E-state index is 0. The Morgan fingerprint density at radius 3 is 2.94 bits per heavy atom. The molecule has 92 valence electrons. The number of halogens is 1. The number of para-hydroxylation sites is 1. The number of aromatic nitrogens is 1. The summed E-state index contributed by atoms with van der Waals surface area (Å²) in [5.41, 5.74) is 1.11. The molecule has 3 nitrogen and oxygen atoms in total. The van der Waals surface area contributed by atoms with Gasteiger partial charge in [-0.3, -0.25) is 0 Å². The van der Waals surface area contributed by atoms with Gasteiger partial charge in [0.1, 0.15) is 0 Å². The van der Waals surface area contributed by atoms with Crippen LogP contribution in [0, 0.1) is 0 Å². The van der Waals surface area contributed by atoms with Crippen LogP contribution in [0.2, 0.25) is 0 Å². The van der Waals surface area contributed by atoms with Crippen LogP contribution in [0.5, 0.6) is 0 Å². The molecule has 1 fully saturated rings. The number of anilines is 1. The van der Waals surface area contributed by atoms with Crippen LogP contribution < -0.4 is 10.2 Å². The maximum atomic E-state index is 4.67. The van der Waals surface area contributed by atoms with Gasteiger partial charge in [0.2, 0.25) is 0 Å². The molecule has 0 bridgehead atoms. The molecule has 2 heterocycles. The molecule has 1 aromatic carbocycles. The predicted octanol–water partition coefficient (Wildman–Crippen LogP) is 2.52. The summed E-state index contributed by atoms with van der Waals surface area (Å²) in [6.07, 6.45) is 1.21. The van der Waals surface area contributed by atoms with Gasteiger partial charge in [0.25, 0.3) is 0 Å². The summed E-state index contributed by atoms with van der Waals surface area (Å²) < 4.78 is 1.27. The molecule has 1 saturated heterocycles. The summed E-state index contributed by atoms with van der Waals surface area (Å²) in [4.78, 5) is 6.98. The Bertz CT molecular complexity index is 460. The Kier molecular flexibility index (Phi) is 3.86. The van der Waals surface area contributed by atoms with E-state index in [0.717, 1.165) is 23.7 Å². The van der Waals surface area contributed by atoms with Gasteiger partial charge >= 0.3 is 0 Å². The van der Waals surface area contributed by atoms with Gasteiger partial charge in [0, 0.05) is 19.6 Å². The maximum Gasteiger partial charge on any atom is 0.186 e. The molecule has 1 atom stereocenters. The van der Waals surface area contributed by atoms with Crippen molar-refractivity contribution in [2.75, 3.05) is 25.0 Å². The van der Waals surface area contributed by atoms with Crippen LogP contribution in [-0.2, 0) is 0 Å². The van der Waals surface area contributed by atoms with E-state index in [9.17, 15) is 0 Å². The van der Waals surface area contributed by atoms with Gasteiger partial charge in [-0.15, -0.1) is 12.4 Å². The Labute approximate surface area is 111 Å². The van der Waals surface area contributed by atoms with Crippen LogP contribution in [0.3, 0.4) is 0 Å². The zero-order valence-corrected chi connectivity index (χ0v) is 11.4. The van der Waals surface area contributed by atoms with Crippen molar-refractivity contribution in [3.8, 4) is 0 Å². The molecule has 1 aliphatic rings. The van der Waals surface area contributed by atoms with E-state index in [-0.39, 0.29) is 12.4 Å². The minimum Gasteiger partial charge on any atom is -0.347 e. The SMILES string of the molecule is CN(c1nc2ccccc2s1)[C@@H]1CCNC1.Cl. The summed E-state index contributed by atoms with van der Waals surface area (Å²) in [5.74, 6) is 0. The summed E-state index contributed by atoms with van der Waals surface area (Å²) in [7, 11) is 2.15. The summed E-state index contributed by atoms with van der Waals surface area (Å²) >= 11 is 1.78. The second-order valence-corrected chi connectivity index (χ2v) is 5.23. The molecule has 1 aromatic heterocycles. The van der Waals surface area contributed by atoms with Crippen molar-refractivity contribution in [2.24, 2.45) is 0 Å². The van der Waals surface area contributed by atoms with Crippen LogP contribution in [0.15, 0.2) is 24.3 Å². The monoisotopic (exact) mass is 269 g/mol. The third-order valence-electron chi connectivity index (χ3n) is 3.17. The highest BCUT2D eigenvalue weighted by Gasteiger charge is 2.21. The van der Waals surface area contributed by atoms with Crippen molar-refractivity contribution in [1.82, 2.24) is 10.3 Å². The van der Waals surface area contributed by atoms with Gasteiger partial charge in [-0.05, 0) is 25.1 Å². The van der Waals surface area contributed by atoms with E-state index in [0.29, 0.717) is 6.04 Å². The maximum absolute atomic E-state index is 4.67. The topological polar surface area (TPSA) is 28.2 Å². The number of benzene rings is 1. The van der Waals surface area contributed by atoms with Gasteiger partial charge in [0.15, 0.2) is 5.13 Å². The van der Waals surface area contributed by atoms with Crippen LogP contribution in [0.25, 0.3) is 10.2 Å². The second kappa shape index (κ2) is 5.21. The first-order valence-corrected chi connectivity index (χ1v) is 6.45. The van der Waals surface area contributed by atoms with Crippen molar-refractivity contribution >= 4 is 39.1 Å². The van der Waals surface area contributed by atoms with Gasteiger partial charge in [-0.25, -0.2) is 4.98 Å². The van der Waals surface area contributed by atoms with Crippen molar-refractivity contribution in [2.45, 2.75) is 12.5 Å². The number of thiazole rings is 1. The molecule has 0 spiro atoms. The fourth-order valence-electron chi connectivity index (χ4n) is 2.14. The van der Waals surface area contributed by atoms with E-state index in [2.05, 4.69) is 40.4 Å². The highest BCUT2D eigenvalue weighted by atomic mass is 35.5. The number of nitrogens with one attached hydrogen (secondary N) is 1. The third-order valence-corrected chi connectivity index (χ3v) is 4.29. The molecular formula is C12H16ClN3S. The molecule has 1 N–H and O–H groups in total. The molecule has 0 saturated carbocycles. The molecule has 5 heteroatoms. The van der Waals surface area contributed by atoms with Crippen LogP contribution in [0.1, 0.15) is 6.42 Å².